The summed E-state index contributed by atoms with van der Waals surface area (Å²) in [4.78, 5) is 34.5. The number of amides is 4. The lowest BCUT2D eigenvalue weighted by molar-refractivity contribution is -0.116. The number of carbonyl (C=O) groups is 3. The second-order valence-electron chi connectivity index (χ2n) is 3.80. The van der Waals surface area contributed by atoms with Gasteiger partial charge in [-0.2, -0.15) is 0 Å². The maximum atomic E-state index is 11.9. The number of urea groups is 1. The van der Waals surface area contributed by atoms with Gasteiger partial charge in [-0.15, -0.1) is 0 Å². The van der Waals surface area contributed by atoms with E-state index in [4.69, 9.17) is 0 Å². The molecule has 90 valence electrons. The maximum absolute atomic E-state index is 11.9. The highest BCUT2D eigenvalue weighted by Gasteiger charge is 2.34. The van der Waals surface area contributed by atoms with Gasteiger partial charge in [0.15, 0.2) is 0 Å². The summed E-state index contributed by atoms with van der Waals surface area (Å²) in [6, 6.07) is 4.59. The third-order valence-corrected chi connectivity index (χ3v) is 3.16. The fraction of sp³-hybridized carbons (Fsp3) is 0. The first-order chi connectivity index (χ1) is 8.56. The SMILES string of the molecule is O=C1NC(=O)C(=C2C(=O)Nc3ccc(Br)cc32)N1. The third kappa shape index (κ3) is 1.52. The topological polar surface area (TPSA) is 87.3 Å². The molecule has 7 heteroatoms. The van der Waals surface area contributed by atoms with Crippen molar-refractivity contribution in [3.8, 4) is 0 Å². The second kappa shape index (κ2) is 3.67. The van der Waals surface area contributed by atoms with Crippen molar-refractivity contribution in [2.75, 3.05) is 5.32 Å². The first-order valence-electron chi connectivity index (χ1n) is 5.04. The number of carbonyl (C=O) groups excluding carboxylic acids is 3. The van der Waals surface area contributed by atoms with Crippen molar-refractivity contribution < 1.29 is 14.4 Å². The predicted molar refractivity (Wildman–Crippen MR) is 66.4 cm³/mol. The molecule has 2 heterocycles. The molecule has 2 aliphatic rings. The summed E-state index contributed by atoms with van der Waals surface area (Å²) in [6.07, 6.45) is 0. The van der Waals surface area contributed by atoms with Crippen LogP contribution in [0.1, 0.15) is 5.56 Å². The first kappa shape index (κ1) is 11.0. The van der Waals surface area contributed by atoms with Gasteiger partial charge in [-0.25, -0.2) is 4.79 Å². The van der Waals surface area contributed by atoms with Gasteiger partial charge < -0.3 is 10.6 Å². The Morgan fingerprint density at radius 2 is 1.72 bits per heavy atom. The van der Waals surface area contributed by atoms with Crippen molar-refractivity contribution in [1.82, 2.24) is 10.6 Å². The van der Waals surface area contributed by atoms with Crippen molar-refractivity contribution >= 4 is 45.0 Å². The van der Waals surface area contributed by atoms with E-state index < -0.39 is 17.8 Å². The summed E-state index contributed by atoms with van der Waals surface area (Å²) in [5.74, 6) is -1.01. The molecule has 0 atom stereocenters. The largest absolute Gasteiger partial charge is 0.326 e. The molecule has 6 nitrogen and oxygen atoms in total. The predicted octanol–water partition coefficient (Wildman–Crippen LogP) is 0.952. The van der Waals surface area contributed by atoms with Crippen molar-refractivity contribution in [2.24, 2.45) is 0 Å². The zero-order valence-corrected chi connectivity index (χ0v) is 10.4. The van der Waals surface area contributed by atoms with Crippen LogP contribution in [0.5, 0.6) is 0 Å². The molecule has 0 saturated carbocycles. The van der Waals surface area contributed by atoms with Gasteiger partial charge in [0, 0.05) is 15.7 Å². The smallest absolute Gasteiger partial charge is 0.321 e. The van der Waals surface area contributed by atoms with Crippen molar-refractivity contribution in [2.45, 2.75) is 0 Å². The number of hydrogen-bond donors (Lipinski definition) is 3. The van der Waals surface area contributed by atoms with E-state index in [1.807, 2.05) is 0 Å². The summed E-state index contributed by atoms with van der Waals surface area (Å²) in [6.45, 7) is 0. The van der Waals surface area contributed by atoms with Gasteiger partial charge >= 0.3 is 6.03 Å². The maximum Gasteiger partial charge on any atom is 0.326 e. The highest BCUT2D eigenvalue weighted by atomic mass is 79.9. The molecule has 0 aromatic heterocycles. The minimum atomic E-state index is -0.626. The van der Waals surface area contributed by atoms with Crippen LogP contribution in [0, 0.1) is 0 Å². The lowest BCUT2D eigenvalue weighted by atomic mass is 10.1. The van der Waals surface area contributed by atoms with Crippen LogP contribution in [0.2, 0.25) is 0 Å². The van der Waals surface area contributed by atoms with Gasteiger partial charge in [0.1, 0.15) is 5.70 Å². The van der Waals surface area contributed by atoms with Crippen LogP contribution in [0.15, 0.2) is 28.4 Å². The van der Waals surface area contributed by atoms with Gasteiger partial charge in [-0.3, -0.25) is 14.9 Å². The van der Waals surface area contributed by atoms with E-state index in [0.29, 0.717) is 11.3 Å². The summed E-state index contributed by atoms with van der Waals surface area (Å²) < 4.78 is 0.778. The first-order valence-corrected chi connectivity index (χ1v) is 5.83. The fourth-order valence-corrected chi connectivity index (χ4v) is 2.29. The molecule has 1 fully saturated rings. The number of benzene rings is 1. The van der Waals surface area contributed by atoms with Crippen LogP contribution in [0.3, 0.4) is 0 Å². The van der Waals surface area contributed by atoms with Gasteiger partial charge in [-0.05, 0) is 18.2 Å². The highest BCUT2D eigenvalue weighted by Crippen LogP contribution is 2.35. The number of nitrogens with one attached hydrogen (secondary N) is 3. The molecule has 1 aromatic rings. The van der Waals surface area contributed by atoms with Crippen LogP contribution < -0.4 is 16.0 Å². The van der Waals surface area contributed by atoms with Crippen molar-refractivity contribution in [1.29, 1.82) is 0 Å². The van der Waals surface area contributed by atoms with E-state index in [1.54, 1.807) is 18.2 Å². The van der Waals surface area contributed by atoms with Crippen molar-refractivity contribution in [3.05, 3.63) is 33.9 Å². The van der Waals surface area contributed by atoms with Crippen LogP contribution in [0.4, 0.5) is 10.5 Å². The zero-order valence-electron chi connectivity index (χ0n) is 8.83. The molecule has 0 unspecified atom stereocenters. The van der Waals surface area contributed by atoms with E-state index in [0.717, 1.165) is 4.47 Å². The van der Waals surface area contributed by atoms with Crippen molar-refractivity contribution in [3.63, 3.8) is 0 Å². The Morgan fingerprint density at radius 3 is 2.39 bits per heavy atom. The Kier molecular flexibility index (Phi) is 2.24. The van der Waals surface area contributed by atoms with E-state index in [1.165, 1.54) is 0 Å². The Balaban J connectivity index is 2.23. The van der Waals surface area contributed by atoms with Crippen LogP contribution in [0.25, 0.3) is 5.57 Å². The number of rotatable bonds is 0. The summed E-state index contributed by atoms with van der Waals surface area (Å²) in [5, 5.41) is 7.05. The molecule has 0 radical (unpaired) electrons. The van der Waals surface area contributed by atoms with Crippen LogP contribution >= 0.6 is 15.9 Å². The molecule has 0 aliphatic carbocycles. The summed E-state index contributed by atoms with van der Waals surface area (Å²) in [5.41, 5.74) is 1.35. The van der Waals surface area contributed by atoms with E-state index >= 15 is 0 Å². The summed E-state index contributed by atoms with van der Waals surface area (Å²) in [7, 11) is 0. The van der Waals surface area contributed by atoms with E-state index in [-0.39, 0.29) is 11.3 Å². The highest BCUT2D eigenvalue weighted by molar-refractivity contribution is 9.10. The molecule has 3 rings (SSSR count). The van der Waals surface area contributed by atoms with Gasteiger partial charge in [-0.1, -0.05) is 15.9 Å². The molecule has 0 spiro atoms. The van der Waals surface area contributed by atoms with E-state index in [2.05, 4.69) is 31.9 Å². The fourth-order valence-electron chi connectivity index (χ4n) is 1.93. The molecule has 1 saturated heterocycles. The Morgan fingerprint density at radius 1 is 0.944 bits per heavy atom. The Labute approximate surface area is 110 Å². The number of hydrogen-bond acceptors (Lipinski definition) is 3. The zero-order chi connectivity index (χ0) is 12.9. The number of halogens is 1. The molecule has 18 heavy (non-hydrogen) atoms. The standard InChI is InChI=1S/C11H6BrN3O3/c12-4-1-2-6-5(3-4)7(9(16)13-6)8-10(17)15-11(18)14-8/h1-3H,(H,13,16)(H2,14,15,17,18). The quantitative estimate of drug-likeness (QED) is 0.492. The Hall–Kier alpha value is -2.15. The number of imide groups is 1. The lowest BCUT2D eigenvalue weighted by Crippen LogP contribution is -2.22. The molecular formula is C11H6BrN3O3. The minimum Gasteiger partial charge on any atom is -0.321 e. The minimum absolute atomic E-state index is 0.0191. The molecule has 1 aromatic carbocycles. The molecule has 4 amide bonds. The monoisotopic (exact) mass is 307 g/mol. The molecule has 2 aliphatic heterocycles. The van der Waals surface area contributed by atoms with Crippen LogP contribution in [-0.4, -0.2) is 17.8 Å². The summed E-state index contributed by atoms with van der Waals surface area (Å²) >= 11 is 3.30. The average molecular weight is 308 g/mol. The molecular weight excluding hydrogens is 302 g/mol. The van der Waals surface area contributed by atoms with E-state index in [9.17, 15) is 14.4 Å². The molecule has 3 N–H and O–H groups in total. The third-order valence-electron chi connectivity index (χ3n) is 2.67. The average Bonchev–Trinajstić information content (AvgIpc) is 2.77. The normalized spacial score (nSPS) is 21.5. The van der Waals surface area contributed by atoms with Crippen LogP contribution in [-0.2, 0) is 9.59 Å². The Bertz CT molecular complexity index is 651. The van der Waals surface area contributed by atoms with Gasteiger partial charge in [0.2, 0.25) is 0 Å². The lowest BCUT2D eigenvalue weighted by Gasteiger charge is -2.01. The second-order valence-corrected chi connectivity index (χ2v) is 4.72. The number of fused-ring (bicyclic) bond motifs is 1. The van der Waals surface area contributed by atoms with Gasteiger partial charge in [0.25, 0.3) is 11.8 Å². The van der Waals surface area contributed by atoms with Gasteiger partial charge in [0.05, 0.1) is 5.57 Å². The molecule has 0 bridgehead atoms. The number of anilines is 1.